The van der Waals surface area contributed by atoms with Crippen molar-refractivity contribution in [1.29, 1.82) is 0 Å². The van der Waals surface area contributed by atoms with Gasteiger partial charge in [0.05, 0.1) is 19.2 Å². The Balaban J connectivity index is 1.91. The number of carbonyl (C=O) groups excluding carboxylic acids is 1. The average molecular weight is 280 g/mol. The Morgan fingerprint density at radius 1 is 1.53 bits per heavy atom. The quantitative estimate of drug-likeness (QED) is 0.855. The third kappa shape index (κ3) is 4.03. The van der Waals surface area contributed by atoms with Crippen molar-refractivity contribution in [2.24, 2.45) is 0 Å². The fraction of sp³-hybridized carbons (Fsp3) is 0.231. The van der Waals surface area contributed by atoms with E-state index in [0.717, 1.165) is 5.56 Å². The van der Waals surface area contributed by atoms with Crippen LogP contribution in [-0.4, -0.2) is 18.1 Å². The Labute approximate surface area is 114 Å². The molecular formula is C13H13FN2O2S. The number of ether oxygens (including phenoxy) is 1. The number of anilines is 1. The fourth-order valence-corrected chi connectivity index (χ4v) is 2.22. The number of halogens is 1. The number of thiazole rings is 1. The van der Waals surface area contributed by atoms with Crippen molar-refractivity contribution in [2.45, 2.75) is 13.0 Å². The highest BCUT2D eigenvalue weighted by Gasteiger charge is 2.07. The molecule has 2 rings (SSSR count). The third-order valence-corrected chi connectivity index (χ3v) is 3.29. The molecule has 2 aromatic rings. The van der Waals surface area contributed by atoms with E-state index in [9.17, 15) is 9.18 Å². The van der Waals surface area contributed by atoms with Crippen molar-refractivity contribution in [3.05, 3.63) is 46.7 Å². The van der Waals surface area contributed by atoms with Crippen LogP contribution in [0.25, 0.3) is 0 Å². The number of carbonyl (C=O) groups is 1. The molecule has 0 bridgehead atoms. The van der Waals surface area contributed by atoms with Crippen molar-refractivity contribution < 1.29 is 13.9 Å². The van der Waals surface area contributed by atoms with Crippen LogP contribution < -0.4 is 5.32 Å². The molecule has 0 aliphatic rings. The van der Waals surface area contributed by atoms with Crippen LogP contribution in [-0.2, 0) is 22.5 Å². The second-order valence-corrected chi connectivity index (χ2v) is 4.74. The van der Waals surface area contributed by atoms with Gasteiger partial charge in [-0.1, -0.05) is 12.1 Å². The maximum absolute atomic E-state index is 13.0. The van der Waals surface area contributed by atoms with Gasteiger partial charge in [-0.05, 0) is 17.7 Å². The van der Waals surface area contributed by atoms with E-state index in [-0.39, 0.29) is 18.2 Å². The molecule has 1 heterocycles. The highest BCUT2D eigenvalue weighted by molar-refractivity contribution is 7.13. The fourth-order valence-electron chi connectivity index (χ4n) is 1.51. The van der Waals surface area contributed by atoms with Gasteiger partial charge in [0.1, 0.15) is 5.82 Å². The predicted octanol–water partition coefficient (Wildman–Crippen LogP) is 2.61. The number of esters is 1. The minimum atomic E-state index is -0.318. The van der Waals surface area contributed by atoms with Gasteiger partial charge in [0.2, 0.25) is 0 Å². The zero-order valence-electron chi connectivity index (χ0n) is 10.4. The van der Waals surface area contributed by atoms with Gasteiger partial charge in [-0.25, -0.2) is 9.37 Å². The van der Waals surface area contributed by atoms with Gasteiger partial charge in [-0.15, -0.1) is 11.3 Å². The Morgan fingerprint density at radius 3 is 3.11 bits per heavy atom. The molecule has 0 aliphatic carbocycles. The Morgan fingerprint density at radius 2 is 2.37 bits per heavy atom. The van der Waals surface area contributed by atoms with Crippen LogP contribution in [0.2, 0.25) is 0 Å². The summed E-state index contributed by atoms with van der Waals surface area (Å²) < 4.78 is 17.6. The molecule has 0 radical (unpaired) electrons. The molecule has 1 N–H and O–H groups in total. The lowest BCUT2D eigenvalue weighted by molar-refractivity contribution is -0.139. The van der Waals surface area contributed by atoms with E-state index in [1.54, 1.807) is 11.4 Å². The maximum Gasteiger partial charge on any atom is 0.311 e. The van der Waals surface area contributed by atoms with E-state index in [0.29, 0.717) is 17.4 Å². The van der Waals surface area contributed by atoms with Gasteiger partial charge in [0.15, 0.2) is 5.13 Å². The SMILES string of the molecule is COC(=O)Cc1csc(NCc2cccc(F)c2)n1. The average Bonchev–Trinajstić information content (AvgIpc) is 2.84. The molecule has 1 aromatic carbocycles. The first-order valence-electron chi connectivity index (χ1n) is 5.67. The summed E-state index contributed by atoms with van der Waals surface area (Å²) in [5, 5.41) is 5.58. The smallest absolute Gasteiger partial charge is 0.311 e. The van der Waals surface area contributed by atoms with Gasteiger partial charge in [0.25, 0.3) is 0 Å². The van der Waals surface area contributed by atoms with Gasteiger partial charge < -0.3 is 10.1 Å². The summed E-state index contributed by atoms with van der Waals surface area (Å²) in [5.74, 6) is -0.577. The Hall–Kier alpha value is -1.95. The van der Waals surface area contributed by atoms with E-state index >= 15 is 0 Å². The number of nitrogens with one attached hydrogen (secondary N) is 1. The first kappa shape index (κ1) is 13.5. The Kier molecular flexibility index (Phi) is 4.46. The summed E-state index contributed by atoms with van der Waals surface area (Å²) in [6, 6.07) is 6.37. The van der Waals surface area contributed by atoms with E-state index < -0.39 is 0 Å². The molecule has 0 aliphatic heterocycles. The number of benzene rings is 1. The minimum Gasteiger partial charge on any atom is -0.469 e. The lowest BCUT2D eigenvalue weighted by atomic mass is 10.2. The van der Waals surface area contributed by atoms with Crippen molar-refractivity contribution in [2.75, 3.05) is 12.4 Å². The second kappa shape index (κ2) is 6.29. The van der Waals surface area contributed by atoms with E-state index in [1.807, 2.05) is 6.07 Å². The van der Waals surface area contributed by atoms with Crippen LogP contribution in [0, 0.1) is 5.82 Å². The van der Waals surface area contributed by atoms with Crippen molar-refractivity contribution in [1.82, 2.24) is 4.98 Å². The van der Waals surface area contributed by atoms with Crippen LogP contribution in [0.1, 0.15) is 11.3 Å². The molecule has 100 valence electrons. The van der Waals surface area contributed by atoms with Crippen LogP contribution >= 0.6 is 11.3 Å². The number of rotatable bonds is 5. The number of hydrogen-bond acceptors (Lipinski definition) is 5. The highest BCUT2D eigenvalue weighted by Crippen LogP contribution is 2.17. The second-order valence-electron chi connectivity index (χ2n) is 3.88. The molecule has 0 fully saturated rings. The predicted molar refractivity (Wildman–Crippen MR) is 71.6 cm³/mol. The molecular weight excluding hydrogens is 267 g/mol. The molecule has 0 saturated heterocycles. The Bertz CT molecular complexity index is 571. The van der Waals surface area contributed by atoms with Gasteiger partial charge >= 0.3 is 5.97 Å². The molecule has 6 heteroatoms. The molecule has 1 aromatic heterocycles. The lowest BCUT2D eigenvalue weighted by Gasteiger charge is -2.02. The zero-order chi connectivity index (χ0) is 13.7. The minimum absolute atomic E-state index is 0.161. The molecule has 0 spiro atoms. The summed E-state index contributed by atoms with van der Waals surface area (Å²) in [4.78, 5) is 15.3. The summed E-state index contributed by atoms with van der Waals surface area (Å²) in [5.41, 5.74) is 1.50. The standard InChI is InChI=1S/C13H13FN2O2S/c1-18-12(17)6-11-8-19-13(16-11)15-7-9-3-2-4-10(14)5-9/h2-5,8H,6-7H2,1H3,(H,15,16). The normalized spacial score (nSPS) is 10.2. The first-order valence-corrected chi connectivity index (χ1v) is 6.55. The maximum atomic E-state index is 13.0. The van der Waals surface area contributed by atoms with Crippen molar-refractivity contribution in [3.8, 4) is 0 Å². The van der Waals surface area contributed by atoms with Gasteiger partial charge in [0, 0.05) is 11.9 Å². The first-order chi connectivity index (χ1) is 9.17. The van der Waals surface area contributed by atoms with Crippen LogP contribution in [0.4, 0.5) is 9.52 Å². The molecule has 19 heavy (non-hydrogen) atoms. The van der Waals surface area contributed by atoms with Gasteiger partial charge in [-0.3, -0.25) is 4.79 Å². The van der Waals surface area contributed by atoms with Crippen molar-refractivity contribution in [3.63, 3.8) is 0 Å². The van der Waals surface area contributed by atoms with Crippen LogP contribution in [0.15, 0.2) is 29.6 Å². The molecule has 0 saturated carbocycles. The van der Waals surface area contributed by atoms with Crippen molar-refractivity contribution >= 4 is 22.4 Å². The lowest BCUT2D eigenvalue weighted by Crippen LogP contribution is -2.05. The van der Waals surface area contributed by atoms with Gasteiger partial charge in [-0.2, -0.15) is 0 Å². The number of nitrogens with zero attached hydrogens (tertiary/aromatic N) is 1. The summed E-state index contributed by atoms with van der Waals surface area (Å²) in [6.45, 7) is 0.489. The number of methoxy groups -OCH3 is 1. The van der Waals surface area contributed by atoms with E-state index in [1.165, 1.54) is 30.6 Å². The summed E-state index contributed by atoms with van der Waals surface area (Å²) in [7, 11) is 1.35. The molecule has 0 atom stereocenters. The molecule has 0 unspecified atom stereocenters. The third-order valence-electron chi connectivity index (χ3n) is 2.44. The van der Waals surface area contributed by atoms with E-state index in [2.05, 4.69) is 15.0 Å². The zero-order valence-corrected chi connectivity index (χ0v) is 11.2. The topological polar surface area (TPSA) is 51.2 Å². The number of hydrogen-bond donors (Lipinski definition) is 1. The highest BCUT2D eigenvalue weighted by atomic mass is 32.1. The molecule has 4 nitrogen and oxygen atoms in total. The number of aromatic nitrogens is 1. The van der Waals surface area contributed by atoms with Crippen LogP contribution in [0.5, 0.6) is 0 Å². The van der Waals surface area contributed by atoms with E-state index in [4.69, 9.17) is 0 Å². The largest absolute Gasteiger partial charge is 0.469 e. The molecule has 0 amide bonds. The monoisotopic (exact) mass is 280 g/mol. The summed E-state index contributed by atoms with van der Waals surface area (Å²) >= 11 is 1.40. The van der Waals surface area contributed by atoms with Crippen LogP contribution in [0.3, 0.4) is 0 Å². The summed E-state index contributed by atoms with van der Waals surface area (Å²) in [6.07, 6.45) is 0.161.